The highest BCUT2D eigenvalue weighted by Gasteiger charge is 2.08. The number of nitrogens with zero attached hydrogens (tertiary/aromatic N) is 3. The molecule has 122 valence electrons. The Bertz CT molecular complexity index is 808. The van der Waals surface area contributed by atoms with Crippen molar-refractivity contribution >= 4 is 17.5 Å². The maximum absolute atomic E-state index is 5.25. The molecular weight excluding hydrogens is 302 g/mol. The van der Waals surface area contributed by atoms with E-state index in [4.69, 9.17) is 4.74 Å². The summed E-state index contributed by atoms with van der Waals surface area (Å²) >= 11 is 0. The molecular formula is C18H19N5O. The van der Waals surface area contributed by atoms with Crippen molar-refractivity contribution in [3.63, 3.8) is 0 Å². The highest BCUT2D eigenvalue weighted by atomic mass is 16.5. The van der Waals surface area contributed by atoms with Crippen LogP contribution in [0, 0.1) is 0 Å². The average molecular weight is 321 g/mol. The standard InChI is InChI=1S/C18H19N5O/c1-3-19-18-22-16(15-9-4-5-10-20-15)12-17(23-18)21-13-7-6-8-14(11-13)24-2/h4-12H,3H2,1-2H3,(H2,19,21,22,23). The predicted octanol–water partition coefficient (Wildman–Crippen LogP) is 3.72. The van der Waals surface area contributed by atoms with E-state index in [-0.39, 0.29) is 0 Å². The van der Waals surface area contributed by atoms with Gasteiger partial charge in [0.2, 0.25) is 5.95 Å². The Morgan fingerprint density at radius 2 is 1.92 bits per heavy atom. The van der Waals surface area contributed by atoms with Gasteiger partial charge in [-0.3, -0.25) is 4.98 Å². The Hall–Kier alpha value is -3.15. The second-order valence-corrected chi connectivity index (χ2v) is 5.06. The second kappa shape index (κ2) is 7.41. The van der Waals surface area contributed by atoms with E-state index in [9.17, 15) is 0 Å². The summed E-state index contributed by atoms with van der Waals surface area (Å²) in [5.41, 5.74) is 2.45. The fraction of sp³-hybridized carbons (Fsp3) is 0.167. The van der Waals surface area contributed by atoms with E-state index in [1.54, 1.807) is 13.3 Å². The number of pyridine rings is 1. The van der Waals surface area contributed by atoms with Gasteiger partial charge in [0.05, 0.1) is 18.5 Å². The molecule has 2 aromatic heterocycles. The van der Waals surface area contributed by atoms with Gasteiger partial charge in [-0.1, -0.05) is 12.1 Å². The Labute approximate surface area is 141 Å². The Kier molecular flexibility index (Phi) is 4.86. The molecule has 0 aliphatic heterocycles. The number of nitrogens with one attached hydrogen (secondary N) is 2. The molecule has 2 heterocycles. The summed E-state index contributed by atoms with van der Waals surface area (Å²) in [6, 6.07) is 15.3. The molecule has 0 saturated heterocycles. The number of anilines is 3. The molecule has 0 aliphatic rings. The van der Waals surface area contributed by atoms with Crippen LogP contribution in [0.15, 0.2) is 54.7 Å². The van der Waals surface area contributed by atoms with Gasteiger partial charge in [0.15, 0.2) is 0 Å². The molecule has 3 rings (SSSR count). The van der Waals surface area contributed by atoms with Gasteiger partial charge in [-0.05, 0) is 31.2 Å². The number of ether oxygens (including phenoxy) is 1. The third-order valence-electron chi connectivity index (χ3n) is 3.33. The van der Waals surface area contributed by atoms with Crippen molar-refractivity contribution in [3.05, 3.63) is 54.7 Å². The zero-order valence-corrected chi connectivity index (χ0v) is 13.7. The van der Waals surface area contributed by atoms with Gasteiger partial charge >= 0.3 is 0 Å². The van der Waals surface area contributed by atoms with Crippen LogP contribution in [0.1, 0.15) is 6.92 Å². The van der Waals surface area contributed by atoms with Crippen molar-refractivity contribution in [1.82, 2.24) is 15.0 Å². The molecule has 0 bridgehead atoms. The minimum absolute atomic E-state index is 0.561. The number of rotatable bonds is 6. The minimum atomic E-state index is 0.561. The van der Waals surface area contributed by atoms with Crippen molar-refractivity contribution < 1.29 is 4.74 Å². The highest BCUT2D eigenvalue weighted by Crippen LogP contribution is 2.24. The molecule has 6 nitrogen and oxygen atoms in total. The van der Waals surface area contributed by atoms with Gasteiger partial charge in [-0.15, -0.1) is 0 Å². The van der Waals surface area contributed by atoms with Gasteiger partial charge < -0.3 is 15.4 Å². The van der Waals surface area contributed by atoms with E-state index in [0.717, 1.165) is 29.4 Å². The molecule has 1 aromatic carbocycles. The SMILES string of the molecule is CCNc1nc(Nc2cccc(OC)c2)cc(-c2ccccn2)n1. The molecule has 0 saturated carbocycles. The van der Waals surface area contributed by atoms with Gasteiger partial charge in [-0.2, -0.15) is 4.98 Å². The van der Waals surface area contributed by atoms with Crippen molar-refractivity contribution in [2.45, 2.75) is 6.92 Å². The number of hydrogen-bond acceptors (Lipinski definition) is 6. The predicted molar refractivity (Wildman–Crippen MR) is 95.7 cm³/mol. The third-order valence-corrected chi connectivity index (χ3v) is 3.33. The van der Waals surface area contributed by atoms with Crippen LogP contribution in [0.25, 0.3) is 11.4 Å². The van der Waals surface area contributed by atoms with Gasteiger partial charge in [-0.25, -0.2) is 4.98 Å². The Morgan fingerprint density at radius 1 is 1.00 bits per heavy atom. The maximum Gasteiger partial charge on any atom is 0.225 e. The summed E-state index contributed by atoms with van der Waals surface area (Å²) in [6.07, 6.45) is 1.75. The summed E-state index contributed by atoms with van der Waals surface area (Å²) < 4.78 is 5.25. The van der Waals surface area contributed by atoms with E-state index >= 15 is 0 Å². The van der Waals surface area contributed by atoms with Crippen molar-refractivity contribution in [1.29, 1.82) is 0 Å². The first-order valence-electron chi connectivity index (χ1n) is 7.74. The van der Waals surface area contributed by atoms with Gasteiger partial charge in [0.1, 0.15) is 11.6 Å². The topological polar surface area (TPSA) is 72.0 Å². The van der Waals surface area contributed by atoms with E-state index in [1.165, 1.54) is 0 Å². The van der Waals surface area contributed by atoms with E-state index in [2.05, 4.69) is 25.6 Å². The normalized spacial score (nSPS) is 10.2. The van der Waals surface area contributed by atoms with Gasteiger partial charge in [0.25, 0.3) is 0 Å². The second-order valence-electron chi connectivity index (χ2n) is 5.06. The van der Waals surface area contributed by atoms with Crippen LogP contribution in [0.5, 0.6) is 5.75 Å². The Morgan fingerprint density at radius 3 is 2.67 bits per heavy atom. The maximum atomic E-state index is 5.25. The van der Waals surface area contributed by atoms with Gasteiger partial charge in [0, 0.05) is 30.6 Å². The fourth-order valence-electron chi connectivity index (χ4n) is 2.24. The lowest BCUT2D eigenvalue weighted by molar-refractivity contribution is 0.415. The summed E-state index contributed by atoms with van der Waals surface area (Å²) in [7, 11) is 1.65. The summed E-state index contributed by atoms with van der Waals surface area (Å²) in [6.45, 7) is 2.75. The molecule has 24 heavy (non-hydrogen) atoms. The van der Waals surface area contributed by atoms with Crippen molar-refractivity contribution in [3.8, 4) is 17.1 Å². The molecule has 0 spiro atoms. The molecule has 6 heteroatoms. The molecule has 2 N–H and O–H groups in total. The third kappa shape index (κ3) is 3.78. The van der Waals surface area contributed by atoms with Crippen LogP contribution in [0.2, 0.25) is 0 Å². The van der Waals surface area contributed by atoms with E-state index in [1.807, 2.05) is 55.5 Å². The number of benzene rings is 1. The fourth-order valence-corrected chi connectivity index (χ4v) is 2.24. The van der Waals surface area contributed by atoms with Crippen LogP contribution < -0.4 is 15.4 Å². The van der Waals surface area contributed by atoms with Crippen LogP contribution in [0.3, 0.4) is 0 Å². The van der Waals surface area contributed by atoms with Crippen LogP contribution in [0.4, 0.5) is 17.5 Å². The minimum Gasteiger partial charge on any atom is -0.497 e. The first kappa shape index (κ1) is 15.7. The largest absolute Gasteiger partial charge is 0.497 e. The number of aromatic nitrogens is 3. The summed E-state index contributed by atoms with van der Waals surface area (Å²) in [4.78, 5) is 13.4. The van der Waals surface area contributed by atoms with E-state index < -0.39 is 0 Å². The first-order valence-corrected chi connectivity index (χ1v) is 7.74. The quantitative estimate of drug-likeness (QED) is 0.721. The molecule has 0 radical (unpaired) electrons. The summed E-state index contributed by atoms with van der Waals surface area (Å²) in [5.74, 6) is 2.03. The number of hydrogen-bond donors (Lipinski definition) is 2. The smallest absolute Gasteiger partial charge is 0.225 e. The summed E-state index contributed by atoms with van der Waals surface area (Å²) in [5, 5.41) is 6.44. The zero-order valence-electron chi connectivity index (χ0n) is 13.7. The molecule has 0 fully saturated rings. The Balaban J connectivity index is 1.95. The lowest BCUT2D eigenvalue weighted by Gasteiger charge is -2.11. The van der Waals surface area contributed by atoms with E-state index in [0.29, 0.717) is 11.8 Å². The van der Waals surface area contributed by atoms with Crippen molar-refractivity contribution in [2.24, 2.45) is 0 Å². The molecule has 0 amide bonds. The monoisotopic (exact) mass is 321 g/mol. The molecule has 3 aromatic rings. The van der Waals surface area contributed by atoms with Crippen LogP contribution in [-0.2, 0) is 0 Å². The first-order chi connectivity index (χ1) is 11.8. The molecule has 0 unspecified atom stereocenters. The lowest BCUT2D eigenvalue weighted by atomic mass is 10.2. The average Bonchev–Trinajstić information content (AvgIpc) is 2.63. The molecule has 0 aliphatic carbocycles. The lowest BCUT2D eigenvalue weighted by Crippen LogP contribution is -2.05. The highest BCUT2D eigenvalue weighted by molar-refractivity contribution is 5.65. The molecule has 0 atom stereocenters. The zero-order chi connectivity index (χ0) is 16.8. The van der Waals surface area contributed by atoms with Crippen molar-refractivity contribution in [2.75, 3.05) is 24.3 Å². The van der Waals surface area contributed by atoms with Crippen LogP contribution in [-0.4, -0.2) is 28.6 Å². The van der Waals surface area contributed by atoms with Crippen LogP contribution >= 0.6 is 0 Å². The number of methoxy groups -OCH3 is 1.